The lowest BCUT2D eigenvalue weighted by Gasteiger charge is -2.17. The SMILES string of the molecule is CCCC(C)Nc1nc(C)nc(C)c1C(=O)OCC. The van der Waals surface area contributed by atoms with Crippen molar-refractivity contribution in [2.24, 2.45) is 0 Å². The van der Waals surface area contributed by atoms with Crippen molar-refractivity contribution in [2.45, 2.75) is 53.5 Å². The van der Waals surface area contributed by atoms with Crippen molar-refractivity contribution in [3.05, 3.63) is 17.1 Å². The van der Waals surface area contributed by atoms with Gasteiger partial charge < -0.3 is 10.1 Å². The number of anilines is 1. The third-order valence-electron chi connectivity index (χ3n) is 2.79. The van der Waals surface area contributed by atoms with Crippen molar-refractivity contribution >= 4 is 11.8 Å². The maximum absolute atomic E-state index is 12.0. The maximum atomic E-state index is 12.0. The van der Waals surface area contributed by atoms with Crippen LogP contribution in [0.1, 0.15) is 55.5 Å². The first-order chi connectivity index (χ1) is 8.99. The van der Waals surface area contributed by atoms with Gasteiger partial charge in [-0.05, 0) is 34.1 Å². The molecule has 1 aromatic heterocycles. The summed E-state index contributed by atoms with van der Waals surface area (Å²) in [6, 6.07) is 0.256. The fraction of sp³-hybridized carbons (Fsp3) is 0.643. The van der Waals surface area contributed by atoms with Crippen molar-refractivity contribution in [3.63, 3.8) is 0 Å². The highest BCUT2D eigenvalue weighted by Crippen LogP contribution is 2.19. The number of carbonyl (C=O) groups excluding carboxylic acids is 1. The highest BCUT2D eigenvalue weighted by Gasteiger charge is 2.20. The first-order valence-electron chi connectivity index (χ1n) is 6.78. The van der Waals surface area contributed by atoms with Crippen LogP contribution in [-0.4, -0.2) is 28.6 Å². The standard InChI is InChI=1S/C14H23N3O2/c1-6-8-9(3)15-13-12(14(18)19-7-2)10(4)16-11(5)17-13/h9H,6-8H2,1-5H3,(H,15,16,17). The van der Waals surface area contributed by atoms with Gasteiger partial charge in [-0.2, -0.15) is 0 Å². The van der Waals surface area contributed by atoms with Crippen molar-refractivity contribution in [1.29, 1.82) is 0 Å². The van der Waals surface area contributed by atoms with Gasteiger partial charge in [0.15, 0.2) is 0 Å². The lowest BCUT2D eigenvalue weighted by Crippen LogP contribution is -2.21. The van der Waals surface area contributed by atoms with E-state index in [9.17, 15) is 4.79 Å². The maximum Gasteiger partial charge on any atom is 0.343 e. The number of nitrogens with one attached hydrogen (secondary N) is 1. The Morgan fingerprint density at radius 1 is 1.32 bits per heavy atom. The Kier molecular flexibility index (Phi) is 5.73. The minimum absolute atomic E-state index is 0.256. The van der Waals surface area contributed by atoms with E-state index in [4.69, 9.17) is 4.74 Å². The third-order valence-corrected chi connectivity index (χ3v) is 2.79. The van der Waals surface area contributed by atoms with E-state index in [2.05, 4.69) is 29.1 Å². The second kappa shape index (κ2) is 7.07. The Bertz CT molecular complexity index is 447. The summed E-state index contributed by atoms with van der Waals surface area (Å²) in [6.07, 6.45) is 2.09. The minimum atomic E-state index is -0.369. The van der Waals surface area contributed by atoms with Gasteiger partial charge in [0, 0.05) is 6.04 Å². The quantitative estimate of drug-likeness (QED) is 0.801. The summed E-state index contributed by atoms with van der Waals surface area (Å²) in [7, 11) is 0. The summed E-state index contributed by atoms with van der Waals surface area (Å²) in [5.74, 6) is 0.854. The van der Waals surface area contributed by atoms with Gasteiger partial charge in [-0.25, -0.2) is 14.8 Å². The molecule has 1 aromatic rings. The van der Waals surface area contributed by atoms with E-state index in [1.807, 2.05) is 6.92 Å². The fourth-order valence-electron chi connectivity index (χ4n) is 2.00. The normalized spacial score (nSPS) is 12.1. The third kappa shape index (κ3) is 4.19. The predicted molar refractivity (Wildman–Crippen MR) is 75.5 cm³/mol. The lowest BCUT2D eigenvalue weighted by molar-refractivity contribution is 0.0525. The molecule has 0 aliphatic heterocycles. The van der Waals surface area contributed by atoms with E-state index < -0.39 is 0 Å². The van der Waals surface area contributed by atoms with Gasteiger partial charge in [0.2, 0.25) is 0 Å². The number of aromatic nitrogens is 2. The monoisotopic (exact) mass is 265 g/mol. The Morgan fingerprint density at radius 3 is 2.58 bits per heavy atom. The first kappa shape index (κ1) is 15.4. The zero-order valence-electron chi connectivity index (χ0n) is 12.4. The molecule has 0 aromatic carbocycles. The van der Waals surface area contributed by atoms with Crippen LogP contribution >= 0.6 is 0 Å². The number of rotatable bonds is 6. The summed E-state index contributed by atoms with van der Waals surface area (Å²) in [6.45, 7) is 9.95. The van der Waals surface area contributed by atoms with Crippen molar-refractivity contribution < 1.29 is 9.53 Å². The van der Waals surface area contributed by atoms with Crippen LogP contribution in [0.25, 0.3) is 0 Å². The van der Waals surface area contributed by atoms with Gasteiger partial charge in [0.25, 0.3) is 0 Å². The number of carbonyl (C=O) groups is 1. The number of nitrogens with zero attached hydrogens (tertiary/aromatic N) is 2. The zero-order chi connectivity index (χ0) is 14.4. The number of ether oxygens (including phenoxy) is 1. The average molecular weight is 265 g/mol. The Morgan fingerprint density at radius 2 is 2.00 bits per heavy atom. The minimum Gasteiger partial charge on any atom is -0.462 e. The zero-order valence-corrected chi connectivity index (χ0v) is 12.4. The molecule has 0 amide bonds. The highest BCUT2D eigenvalue weighted by atomic mass is 16.5. The van der Waals surface area contributed by atoms with E-state index in [1.165, 1.54) is 0 Å². The molecular weight excluding hydrogens is 242 g/mol. The number of aryl methyl sites for hydroxylation is 2. The van der Waals surface area contributed by atoms with Crippen LogP contribution in [0.15, 0.2) is 0 Å². The molecule has 0 aliphatic carbocycles. The molecule has 0 saturated heterocycles. The van der Waals surface area contributed by atoms with Crippen molar-refractivity contribution in [3.8, 4) is 0 Å². The van der Waals surface area contributed by atoms with Crippen LogP contribution in [0, 0.1) is 13.8 Å². The topological polar surface area (TPSA) is 64.1 Å². The van der Waals surface area contributed by atoms with Gasteiger partial charge in [0.1, 0.15) is 17.2 Å². The molecule has 0 saturated carbocycles. The predicted octanol–water partition coefficient (Wildman–Crippen LogP) is 2.87. The van der Waals surface area contributed by atoms with Gasteiger partial charge in [-0.15, -0.1) is 0 Å². The first-order valence-corrected chi connectivity index (χ1v) is 6.78. The van der Waals surface area contributed by atoms with E-state index in [0.29, 0.717) is 29.5 Å². The van der Waals surface area contributed by atoms with E-state index >= 15 is 0 Å². The highest BCUT2D eigenvalue weighted by molar-refractivity contribution is 5.95. The number of hydrogen-bond acceptors (Lipinski definition) is 5. The molecule has 1 N–H and O–H groups in total. The Hall–Kier alpha value is -1.65. The molecule has 0 spiro atoms. The van der Waals surface area contributed by atoms with Crippen LogP contribution in [0.3, 0.4) is 0 Å². The van der Waals surface area contributed by atoms with Crippen molar-refractivity contribution in [2.75, 3.05) is 11.9 Å². The summed E-state index contributed by atoms with van der Waals surface area (Å²) >= 11 is 0. The number of esters is 1. The molecule has 0 fully saturated rings. The van der Waals surface area contributed by atoms with Gasteiger partial charge in [0.05, 0.1) is 12.3 Å². The average Bonchev–Trinajstić information content (AvgIpc) is 2.28. The summed E-state index contributed by atoms with van der Waals surface area (Å²) in [5.41, 5.74) is 1.09. The fourth-order valence-corrected chi connectivity index (χ4v) is 2.00. The molecule has 1 unspecified atom stereocenters. The summed E-state index contributed by atoms with van der Waals surface area (Å²) < 4.78 is 5.07. The van der Waals surface area contributed by atoms with Crippen LogP contribution in [0.2, 0.25) is 0 Å². The van der Waals surface area contributed by atoms with Crippen LogP contribution < -0.4 is 5.32 Å². The summed E-state index contributed by atoms with van der Waals surface area (Å²) in [4.78, 5) is 20.6. The van der Waals surface area contributed by atoms with Crippen molar-refractivity contribution in [1.82, 2.24) is 9.97 Å². The van der Waals surface area contributed by atoms with E-state index in [1.54, 1.807) is 13.8 Å². The molecule has 1 heterocycles. The molecule has 0 bridgehead atoms. The molecule has 1 atom stereocenters. The Balaban J connectivity index is 3.09. The lowest BCUT2D eigenvalue weighted by atomic mass is 10.1. The molecule has 19 heavy (non-hydrogen) atoms. The van der Waals surface area contributed by atoms with E-state index in [0.717, 1.165) is 12.8 Å². The molecule has 0 radical (unpaired) electrons. The molecule has 1 rings (SSSR count). The van der Waals surface area contributed by atoms with Gasteiger partial charge in [-0.3, -0.25) is 0 Å². The largest absolute Gasteiger partial charge is 0.462 e. The molecular formula is C14H23N3O2. The molecule has 5 heteroatoms. The smallest absolute Gasteiger partial charge is 0.343 e. The van der Waals surface area contributed by atoms with Gasteiger partial charge in [-0.1, -0.05) is 13.3 Å². The molecule has 5 nitrogen and oxygen atoms in total. The van der Waals surface area contributed by atoms with E-state index in [-0.39, 0.29) is 12.0 Å². The number of hydrogen-bond donors (Lipinski definition) is 1. The second-order valence-corrected chi connectivity index (χ2v) is 4.63. The second-order valence-electron chi connectivity index (χ2n) is 4.63. The van der Waals surface area contributed by atoms with Crippen LogP contribution in [0.4, 0.5) is 5.82 Å². The molecule has 0 aliphatic rings. The summed E-state index contributed by atoms with van der Waals surface area (Å²) in [5, 5.41) is 3.28. The Labute approximate surface area is 114 Å². The molecule has 106 valence electrons. The van der Waals surface area contributed by atoms with Gasteiger partial charge >= 0.3 is 5.97 Å². The van der Waals surface area contributed by atoms with Crippen LogP contribution in [0.5, 0.6) is 0 Å². The van der Waals surface area contributed by atoms with Crippen LogP contribution in [-0.2, 0) is 4.74 Å².